The highest BCUT2D eigenvalue weighted by molar-refractivity contribution is 7.90. The zero-order valence-electron chi connectivity index (χ0n) is 24.2. The molecule has 1 aromatic carbocycles. The van der Waals surface area contributed by atoms with Crippen molar-refractivity contribution in [2.24, 2.45) is 5.92 Å². The van der Waals surface area contributed by atoms with E-state index in [-0.39, 0.29) is 6.54 Å². The van der Waals surface area contributed by atoms with Gasteiger partial charge in [0.2, 0.25) is 10.0 Å². The second-order valence-corrected chi connectivity index (χ2v) is 13.7. The molecule has 39 heavy (non-hydrogen) atoms. The molecule has 1 N–H and O–H groups in total. The van der Waals surface area contributed by atoms with Crippen molar-refractivity contribution in [1.29, 1.82) is 0 Å². The van der Waals surface area contributed by atoms with Gasteiger partial charge in [0.05, 0.1) is 20.3 Å². The molecule has 220 valence electrons. The molecule has 0 bridgehead atoms. The number of Topliss-reactive ketones (excluding diaryl/α,β-unsaturated/α-hetero) is 1. The first kappa shape index (κ1) is 31.2. The Bertz CT molecular complexity index is 1120. The molecule has 1 amide bonds. The molecule has 2 atom stereocenters. The van der Waals surface area contributed by atoms with Crippen LogP contribution in [0.25, 0.3) is 0 Å². The number of nitrogens with zero attached hydrogens (tertiary/aromatic N) is 1. The number of ether oxygens (including phenoxy) is 4. The standard InChI is InChI=1S/C28H44N2O8S/c1-27(2,3)38-26(32)30-21(15-19-11-9-8-10-12-19)25(37-28(30,4)5)22(31)18-39(33,34)29-17-20-13-14-23(35-6)24(16-20)36-7/h13-14,16,19,21,25,29H,8-12,15,17-18H2,1-7H3/t21-,25+/m0/s1. The van der Waals surface area contributed by atoms with Crippen molar-refractivity contribution >= 4 is 21.9 Å². The Morgan fingerprint density at radius 3 is 2.31 bits per heavy atom. The fourth-order valence-electron chi connectivity index (χ4n) is 5.43. The molecular formula is C28H44N2O8S. The van der Waals surface area contributed by atoms with Crippen LogP contribution in [0.4, 0.5) is 4.79 Å². The van der Waals surface area contributed by atoms with Crippen molar-refractivity contribution in [2.45, 2.75) is 103 Å². The molecule has 1 aromatic rings. The summed E-state index contributed by atoms with van der Waals surface area (Å²) in [6.45, 7) is 8.74. The summed E-state index contributed by atoms with van der Waals surface area (Å²) in [5, 5.41) is 0. The second-order valence-electron chi connectivity index (χ2n) is 11.9. The molecule has 1 aliphatic carbocycles. The number of hydrogen-bond acceptors (Lipinski definition) is 8. The molecule has 0 radical (unpaired) electrons. The van der Waals surface area contributed by atoms with E-state index in [1.807, 2.05) is 0 Å². The van der Waals surface area contributed by atoms with E-state index in [9.17, 15) is 18.0 Å². The maximum atomic E-state index is 13.5. The highest BCUT2D eigenvalue weighted by Crippen LogP contribution is 2.39. The fourth-order valence-corrected chi connectivity index (χ4v) is 6.45. The van der Waals surface area contributed by atoms with Gasteiger partial charge in [0.1, 0.15) is 23.2 Å². The third-order valence-electron chi connectivity index (χ3n) is 7.16. The lowest BCUT2D eigenvalue weighted by atomic mass is 9.83. The number of hydrogen-bond donors (Lipinski definition) is 1. The number of rotatable bonds is 10. The SMILES string of the molecule is COc1ccc(CNS(=O)(=O)CC(=O)[C@@H]2OC(C)(C)N(C(=O)OC(C)(C)C)[C@H]2CC2CCCCC2)cc1OC. The van der Waals surface area contributed by atoms with Gasteiger partial charge in [-0.2, -0.15) is 0 Å². The lowest BCUT2D eigenvalue weighted by Gasteiger charge is -2.36. The average molecular weight is 569 g/mol. The van der Waals surface area contributed by atoms with Gasteiger partial charge in [0.15, 0.2) is 17.3 Å². The minimum Gasteiger partial charge on any atom is -0.493 e. The third-order valence-corrected chi connectivity index (χ3v) is 8.41. The summed E-state index contributed by atoms with van der Waals surface area (Å²) in [5.41, 5.74) is -1.23. The van der Waals surface area contributed by atoms with Crippen molar-refractivity contribution < 1.29 is 37.0 Å². The van der Waals surface area contributed by atoms with Crippen LogP contribution in [0.2, 0.25) is 0 Å². The molecule has 1 saturated carbocycles. The van der Waals surface area contributed by atoms with Gasteiger partial charge >= 0.3 is 6.09 Å². The van der Waals surface area contributed by atoms with Crippen LogP contribution < -0.4 is 14.2 Å². The van der Waals surface area contributed by atoms with Crippen LogP contribution in [0.5, 0.6) is 11.5 Å². The Labute approximate surface area is 232 Å². The monoisotopic (exact) mass is 568 g/mol. The molecule has 2 aliphatic rings. The first-order valence-corrected chi connectivity index (χ1v) is 15.2. The maximum Gasteiger partial charge on any atom is 0.412 e. The zero-order chi connectivity index (χ0) is 29.0. The summed E-state index contributed by atoms with van der Waals surface area (Å²) < 4.78 is 50.7. The molecule has 1 saturated heterocycles. The van der Waals surface area contributed by atoms with Gasteiger partial charge in [-0.05, 0) is 64.7 Å². The molecule has 0 spiro atoms. The van der Waals surface area contributed by atoms with Crippen LogP contribution in [0.3, 0.4) is 0 Å². The number of carbonyl (C=O) groups is 2. The molecule has 0 aromatic heterocycles. The van der Waals surface area contributed by atoms with Crippen molar-refractivity contribution in [1.82, 2.24) is 9.62 Å². The van der Waals surface area contributed by atoms with Gasteiger partial charge in [-0.1, -0.05) is 38.2 Å². The number of ketones is 1. The molecule has 0 unspecified atom stereocenters. The lowest BCUT2D eigenvalue weighted by molar-refractivity contribution is -0.133. The van der Waals surface area contributed by atoms with Crippen molar-refractivity contribution in [3.8, 4) is 11.5 Å². The van der Waals surface area contributed by atoms with Crippen molar-refractivity contribution in [3.63, 3.8) is 0 Å². The highest BCUT2D eigenvalue weighted by Gasteiger charge is 2.54. The predicted octanol–water partition coefficient (Wildman–Crippen LogP) is 4.40. The average Bonchev–Trinajstić information content (AvgIpc) is 3.12. The van der Waals surface area contributed by atoms with Crippen molar-refractivity contribution in [2.75, 3.05) is 20.0 Å². The predicted molar refractivity (Wildman–Crippen MR) is 147 cm³/mol. The quantitative estimate of drug-likeness (QED) is 0.441. The van der Waals surface area contributed by atoms with Crippen LogP contribution in [0, 0.1) is 5.92 Å². The number of nitrogens with one attached hydrogen (secondary N) is 1. The molecule has 11 heteroatoms. The largest absolute Gasteiger partial charge is 0.493 e. The van der Waals surface area contributed by atoms with E-state index < -0.39 is 51.1 Å². The van der Waals surface area contributed by atoms with E-state index in [2.05, 4.69) is 4.72 Å². The second kappa shape index (κ2) is 12.4. The normalized spacial score (nSPS) is 22.0. The lowest BCUT2D eigenvalue weighted by Crippen LogP contribution is -2.51. The minimum atomic E-state index is -4.00. The van der Waals surface area contributed by atoms with E-state index >= 15 is 0 Å². The first-order valence-electron chi connectivity index (χ1n) is 13.6. The van der Waals surface area contributed by atoms with Crippen LogP contribution >= 0.6 is 0 Å². The Morgan fingerprint density at radius 1 is 1.08 bits per heavy atom. The summed E-state index contributed by atoms with van der Waals surface area (Å²) in [4.78, 5) is 28.3. The van der Waals surface area contributed by atoms with E-state index in [4.69, 9.17) is 18.9 Å². The smallest absolute Gasteiger partial charge is 0.412 e. The topological polar surface area (TPSA) is 120 Å². The number of benzene rings is 1. The summed E-state index contributed by atoms with van der Waals surface area (Å²) in [6, 6.07) is 4.45. The molecule has 3 rings (SSSR count). The number of amides is 1. The molecule has 10 nitrogen and oxygen atoms in total. The zero-order valence-corrected chi connectivity index (χ0v) is 25.1. The van der Waals surface area contributed by atoms with Crippen LogP contribution in [-0.2, 0) is 30.8 Å². The Balaban J connectivity index is 1.77. The number of methoxy groups -OCH3 is 2. The summed E-state index contributed by atoms with van der Waals surface area (Å²) >= 11 is 0. The van der Waals surface area contributed by atoms with Crippen LogP contribution in [0.15, 0.2) is 18.2 Å². The summed E-state index contributed by atoms with van der Waals surface area (Å²) in [5.74, 6) is -0.0285. The summed E-state index contributed by atoms with van der Waals surface area (Å²) in [7, 11) is -0.983. The highest BCUT2D eigenvalue weighted by atomic mass is 32.2. The summed E-state index contributed by atoms with van der Waals surface area (Å²) in [6.07, 6.45) is 4.28. The minimum absolute atomic E-state index is 0.0253. The third kappa shape index (κ3) is 8.31. The number of carbonyl (C=O) groups excluding carboxylic acids is 2. The van der Waals surface area contributed by atoms with Crippen molar-refractivity contribution in [3.05, 3.63) is 23.8 Å². The molecular weight excluding hydrogens is 524 g/mol. The fraction of sp³-hybridized carbons (Fsp3) is 0.714. The van der Waals surface area contributed by atoms with Gasteiger partial charge < -0.3 is 18.9 Å². The van der Waals surface area contributed by atoms with Gasteiger partial charge in [-0.25, -0.2) is 17.9 Å². The Kier molecular flexibility index (Phi) is 9.93. The van der Waals surface area contributed by atoms with E-state index in [0.29, 0.717) is 29.4 Å². The van der Waals surface area contributed by atoms with Crippen LogP contribution in [0.1, 0.15) is 78.7 Å². The Morgan fingerprint density at radius 2 is 1.72 bits per heavy atom. The van der Waals surface area contributed by atoms with E-state index in [1.54, 1.807) is 52.8 Å². The van der Waals surface area contributed by atoms with Crippen LogP contribution in [-0.4, -0.2) is 68.6 Å². The Hall–Kier alpha value is -2.37. The van der Waals surface area contributed by atoms with Gasteiger partial charge in [0.25, 0.3) is 0 Å². The first-order chi connectivity index (χ1) is 18.2. The van der Waals surface area contributed by atoms with E-state index in [1.165, 1.54) is 25.5 Å². The van der Waals surface area contributed by atoms with E-state index in [0.717, 1.165) is 25.7 Å². The molecule has 1 heterocycles. The van der Waals surface area contributed by atoms with Gasteiger partial charge in [-0.3, -0.25) is 9.69 Å². The van der Waals surface area contributed by atoms with Gasteiger partial charge in [-0.15, -0.1) is 0 Å². The van der Waals surface area contributed by atoms with Gasteiger partial charge in [0, 0.05) is 6.54 Å². The number of sulfonamides is 1. The maximum absolute atomic E-state index is 13.5. The molecule has 2 fully saturated rings. The molecule has 1 aliphatic heterocycles.